The molecule has 0 saturated carbocycles. The van der Waals surface area contributed by atoms with Crippen LogP contribution in [0.1, 0.15) is 15.6 Å². The summed E-state index contributed by atoms with van der Waals surface area (Å²) in [7, 11) is 1.93. The molecule has 0 fully saturated rings. The van der Waals surface area contributed by atoms with Crippen molar-refractivity contribution >= 4 is 11.3 Å². The normalized spacial score (nSPS) is 10.6. The molecule has 3 N–H and O–H groups in total. The molecule has 0 aliphatic rings. The first kappa shape index (κ1) is 9.64. The molecule has 0 amide bonds. The zero-order valence-corrected chi connectivity index (χ0v) is 8.37. The number of aryl methyl sites for hydroxylation is 1. The second-order valence-corrected chi connectivity index (χ2v) is 3.97. The van der Waals surface area contributed by atoms with Crippen molar-refractivity contribution < 1.29 is 0 Å². The van der Waals surface area contributed by atoms with E-state index < -0.39 is 0 Å². The third-order valence-electron chi connectivity index (χ3n) is 1.64. The van der Waals surface area contributed by atoms with Gasteiger partial charge in [-0.3, -0.25) is 0 Å². The van der Waals surface area contributed by atoms with E-state index in [1.54, 1.807) is 11.3 Å². The summed E-state index contributed by atoms with van der Waals surface area (Å²) in [6.45, 7) is 3.64. The van der Waals surface area contributed by atoms with Crippen LogP contribution in [-0.4, -0.2) is 18.6 Å². The Morgan fingerprint density at radius 2 is 2.33 bits per heavy atom. The van der Waals surface area contributed by atoms with Crippen molar-refractivity contribution in [1.29, 1.82) is 0 Å². The van der Waals surface area contributed by atoms with Crippen LogP contribution >= 0.6 is 11.3 Å². The molecule has 3 nitrogen and oxygen atoms in total. The number of nitrogens with two attached hydrogens (primary N) is 1. The lowest BCUT2D eigenvalue weighted by atomic mass is 10.4. The summed E-state index contributed by atoms with van der Waals surface area (Å²) in [5, 5.41) is 4.25. The van der Waals surface area contributed by atoms with Crippen molar-refractivity contribution in [2.24, 2.45) is 5.73 Å². The lowest BCUT2D eigenvalue weighted by Gasteiger charge is -1.93. The molecule has 0 saturated heterocycles. The van der Waals surface area contributed by atoms with Crippen LogP contribution in [0, 0.1) is 6.92 Å². The van der Waals surface area contributed by atoms with Crippen molar-refractivity contribution in [2.75, 3.05) is 13.6 Å². The number of hydrogen-bond donors (Lipinski definition) is 2. The maximum Gasteiger partial charge on any atom is 0.0944 e. The van der Waals surface area contributed by atoms with Crippen LogP contribution in [0.2, 0.25) is 0 Å². The Morgan fingerprint density at radius 1 is 1.58 bits per heavy atom. The SMILES string of the molecule is CNCc1nc(CCN)sc1C. The van der Waals surface area contributed by atoms with Crippen molar-refractivity contribution in [2.45, 2.75) is 19.9 Å². The van der Waals surface area contributed by atoms with E-state index in [2.05, 4.69) is 17.2 Å². The van der Waals surface area contributed by atoms with Gasteiger partial charge in [-0.25, -0.2) is 4.98 Å². The zero-order chi connectivity index (χ0) is 8.97. The predicted octanol–water partition coefficient (Wildman–Crippen LogP) is 0.672. The summed E-state index contributed by atoms with van der Waals surface area (Å²) in [4.78, 5) is 5.76. The monoisotopic (exact) mass is 185 g/mol. The minimum Gasteiger partial charge on any atom is -0.330 e. The van der Waals surface area contributed by atoms with Crippen LogP contribution in [0.25, 0.3) is 0 Å². The van der Waals surface area contributed by atoms with Gasteiger partial charge in [-0.05, 0) is 20.5 Å². The van der Waals surface area contributed by atoms with Gasteiger partial charge in [0.25, 0.3) is 0 Å². The summed E-state index contributed by atoms with van der Waals surface area (Å²) < 4.78 is 0. The number of nitrogens with zero attached hydrogens (tertiary/aromatic N) is 1. The quantitative estimate of drug-likeness (QED) is 0.725. The van der Waals surface area contributed by atoms with Crippen molar-refractivity contribution in [3.05, 3.63) is 15.6 Å². The van der Waals surface area contributed by atoms with E-state index in [0.717, 1.165) is 23.7 Å². The molecule has 0 aromatic carbocycles. The molecule has 1 heterocycles. The first-order valence-corrected chi connectivity index (χ1v) is 4.89. The van der Waals surface area contributed by atoms with Crippen LogP contribution < -0.4 is 11.1 Å². The second kappa shape index (κ2) is 4.54. The summed E-state index contributed by atoms with van der Waals surface area (Å²) in [6, 6.07) is 0. The highest BCUT2D eigenvalue weighted by Gasteiger charge is 2.04. The zero-order valence-electron chi connectivity index (χ0n) is 7.55. The molecule has 1 rings (SSSR count). The van der Waals surface area contributed by atoms with Crippen LogP contribution in [0.4, 0.5) is 0 Å². The van der Waals surface area contributed by atoms with E-state index in [4.69, 9.17) is 5.73 Å². The van der Waals surface area contributed by atoms with Gasteiger partial charge in [0.15, 0.2) is 0 Å². The molecule has 0 atom stereocenters. The number of rotatable bonds is 4. The van der Waals surface area contributed by atoms with Crippen molar-refractivity contribution in [1.82, 2.24) is 10.3 Å². The molecule has 0 aliphatic heterocycles. The first-order valence-electron chi connectivity index (χ1n) is 4.07. The fourth-order valence-electron chi connectivity index (χ4n) is 1.05. The molecule has 12 heavy (non-hydrogen) atoms. The van der Waals surface area contributed by atoms with E-state index in [1.165, 1.54) is 4.88 Å². The second-order valence-electron chi connectivity index (χ2n) is 2.68. The molecule has 68 valence electrons. The highest BCUT2D eigenvalue weighted by atomic mass is 32.1. The van der Waals surface area contributed by atoms with Gasteiger partial charge in [0, 0.05) is 17.8 Å². The van der Waals surface area contributed by atoms with Gasteiger partial charge in [0.05, 0.1) is 10.7 Å². The molecule has 0 aliphatic carbocycles. The molecule has 1 aromatic heterocycles. The smallest absolute Gasteiger partial charge is 0.0944 e. The van der Waals surface area contributed by atoms with Crippen molar-refractivity contribution in [3.63, 3.8) is 0 Å². The topological polar surface area (TPSA) is 50.9 Å². The molecule has 0 radical (unpaired) electrons. The maximum atomic E-state index is 5.44. The average Bonchev–Trinajstić information content (AvgIpc) is 2.34. The van der Waals surface area contributed by atoms with Crippen LogP contribution in [0.15, 0.2) is 0 Å². The van der Waals surface area contributed by atoms with Gasteiger partial charge in [-0.2, -0.15) is 0 Å². The van der Waals surface area contributed by atoms with Gasteiger partial charge in [-0.1, -0.05) is 0 Å². The highest BCUT2D eigenvalue weighted by molar-refractivity contribution is 7.11. The molecule has 0 unspecified atom stereocenters. The van der Waals surface area contributed by atoms with E-state index in [1.807, 2.05) is 7.05 Å². The fraction of sp³-hybridized carbons (Fsp3) is 0.625. The van der Waals surface area contributed by atoms with Crippen LogP contribution in [-0.2, 0) is 13.0 Å². The van der Waals surface area contributed by atoms with Gasteiger partial charge in [-0.15, -0.1) is 11.3 Å². The molecule has 0 spiro atoms. The van der Waals surface area contributed by atoms with Gasteiger partial charge in [0.2, 0.25) is 0 Å². The third kappa shape index (κ3) is 2.27. The highest BCUT2D eigenvalue weighted by Crippen LogP contribution is 2.17. The Hall–Kier alpha value is -0.450. The molecular weight excluding hydrogens is 170 g/mol. The van der Waals surface area contributed by atoms with Crippen molar-refractivity contribution in [3.8, 4) is 0 Å². The average molecular weight is 185 g/mol. The summed E-state index contributed by atoms with van der Waals surface area (Å²) >= 11 is 1.75. The summed E-state index contributed by atoms with van der Waals surface area (Å²) in [5.74, 6) is 0. The first-order chi connectivity index (χ1) is 5.77. The fourth-order valence-corrected chi connectivity index (χ4v) is 2.01. The summed E-state index contributed by atoms with van der Waals surface area (Å²) in [6.07, 6.45) is 0.898. The molecule has 1 aromatic rings. The minimum absolute atomic E-state index is 0.686. The van der Waals surface area contributed by atoms with E-state index >= 15 is 0 Å². The Balaban J connectivity index is 2.70. The Labute approximate surface area is 77.0 Å². The number of hydrogen-bond acceptors (Lipinski definition) is 4. The van der Waals surface area contributed by atoms with Gasteiger partial charge < -0.3 is 11.1 Å². The van der Waals surface area contributed by atoms with Crippen LogP contribution in [0.5, 0.6) is 0 Å². The largest absolute Gasteiger partial charge is 0.330 e. The number of thiazole rings is 1. The van der Waals surface area contributed by atoms with E-state index in [-0.39, 0.29) is 0 Å². The Bertz CT molecular complexity index is 244. The number of aromatic nitrogens is 1. The summed E-state index contributed by atoms with van der Waals surface area (Å²) in [5.41, 5.74) is 6.60. The third-order valence-corrected chi connectivity index (χ3v) is 2.71. The van der Waals surface area contributed by atoms with Gasteiger partial charge >= 0.3 is 0 Å². The molecular formula is C8H15N3S. The Morgan fingerprint density at radius 3 is 2.92 bits per heavy atom. The minimum atomic E-state index is 0.686. The standard InChI is InChI=1S/C8H15N3S/c1-6-7(5-10-2)11-8(12-6)3-4-9/h10H,3-5,9H2,1-2H3. The molecule has 0 bridgehead atoms. The number of nitrogens with one attached hydrogen (secondary N) is 1. The van der Waals surface area contributed by atoms with Gasteiger partial charge in [0.1, 0.15) is 0 Å². The lowest BCUT2D eigenvalue weighted by molar-refractivity contribution is 0.785. The van der Waals surface area contributed by atoms with E-state index in [0.29, 0.717) is 6.54 Å². The molecule has 4 heteroatoms. The maximum absolute atomic E-state index is 5.44. The Kier molecular flexibility index (Phi) is 3.65. The predicted molar refractivity (Wildman–Crippen MR) is 52.4 cm³/mol. The van der Waals surface area contributed by atoms with Crippen LogP contribution in [0.3, 0.4) is 0 Å². The lowest BCUT2D eigenvalue weighted by Crippen LogP contribution is -2.07. The van der Waals surface area contributed by atoms with E-state index in [9.17, 15) is 0 Å².